The molecule has 0 unspecified atom stereocenters. The van der Waals surface area contributed by atoms with Gasteiger partial charge in [-0.3, -0.25) is 4.90 Å². The van der Waals surface area contributed by atoms with Crippen LogP contribution >= 0.6 is 0 Å². The van der Waals surface area contributed by atoms with Gasteiger partial charge in [0.1, 0.15) is 0 Å². The van der Waals surface area contributed by atoms with E-state index >= 15 is 0 Å². The highest BCUT2D eigenvalue weighted by molar-refractivity contribution is 5.43. The second-order valence-corrected chi connectivity index (χ2v) is 9.08. The lowest BCUT2D eigenvalue weighted by Crippen LogP contribution is -2.59. The Bertz CT molecular complexity index is 800. The maximum absolute atomic E-state index is 5.55. The normalized spacial score (nSPS) is 30.1. The molecule has 3 fully saturated rings. The standard InChI is InChI=1S/C20H28N6O/c1-19(2)13-20(14-24-8-10-27-11-9-24)15-25(12-17(19)20)18-21-22-23-26(18)16-6-4-3-5-7-16/h3-7,17H,8-15H2,1-2H3/t17-,20+/m1/s1. The van der Waals surface area contributed by atoms with Crippen molar-refractivity contribution in [1.29, 1.82) is 0 Å². The third-order valence-electron chi connectivity index (χ3n) is 6.78. The molecule has 0 spiro atoms. The first-order chi connectivity index (χ1) is 13.1. The number of hydrogen-bond donors (Lipinski definition) is 0. The quantitative estimate of drug-likeness (QED) is 0.821. The Balaban J connectivity index is 1.41. The fraction of sp³-hybridized carbons (Fsp3) is 0.650. The molecule has 1 aromatic heterocycles. The SMILES string of the molecule is CC1(C)C[C@]2(CN3CCOCC3)CN(c3nnnn3-c3ccccc3)C[C@H]12. The Morgan fingerprint density at radius 3 is 2.67 bits per heavy atom. The van der Waals surface area contributed by atoms with Gasteiger partial charge in [0.25, 0.3) is 0 Å². The molecule has 7 heteroatoms. The van der Waals surface area contributed by atoms with Crippen LogP contribution in [0.25, 0.3) is 5.69 Å². The van der Waals surface area contributed by atoms with Gasteiger partial charge in [0.2, 0.25) is 5.95 Å². The van der Waals surface area contributed by atoms with E-state index in [1.165, 1.54) is 6.42 Å². The first kappa shape index (κ1) is 17.1. The highest BCUT2D eigenvalue weighted by Crippen LogP contribution is 2.63. The van der Waals surface area contributed by atoms with Crippen molar-refractivity contribution in [1.82, 2.24) is 25.1 Å². The summed E-state index contributed by atoms with van der Waals surface area (Å²) < 4.78 is 7.42. The third-order valence-corrected chi connectivity index (χ3v) is 6.78. The number of tetrazole rings is 1. The number of hydrogen-bond acceptors (Lipinski definition) is 6. The summed E-state index contributed by atoms with van der Waals surface area (Å²) in [6.45, 7) is 11.9. The minimum absolute atomic E-state index is 0.342. The minimum atomic E-state index is 0.342. The molecule has 2 atom stereocenters. The van der Waals surface area contributed by atoms with Crippen molar-refractivity contribution in [3.8, 4) is 5.69 Å². The second kappa shape index (κ2) is 6.27. The van der Waals surface area contributed by atoms with Gasteiger partial charge in [0.05, 0.1) is 18.9 Å². The van der Waals surface area contributed by atoms with E-state index in [0.29, 0.717) is 16.7 Å². The van der Waals surface area contributed by atoms with Crippen LogP contribution in [0.2, 0.25) is 0 Å². The average Bonchev–Trinajstić information content (AvgIpc) is 3.26. The first-order valence-electron chi connectivity index (χ1n) is 9.96. The van der Waals surface area contributed by atoms with Gasteiger partial charge in [-0.2, -0.15) is 4.68 Å². The molecular formula is C20H28N6O. The molecule has 3 aliphatic rings. The number of fused-ring (bicyclic) bond motifs is 1. The van der Waals surface area contributed by atoms with E-state index in [1.807, 2.05) is 22.9 Å². The summed E-state index contributed by atoms with van der Waals surface area (Å²) in [4.78, 5) is 5.00. The van der Waals surface area contributed by atoms with Crippen LogP contribution in [0.5, 0.6) is 0 Å². The molecule has 2 aliphatic heterocycles. The van der Waals surface area contributed by atoms with Crippen LogP contribution in [0.1, 0.15) is 20.3 Å². The number of ether oxygens (including phenoxy) is 1. The van der Waals surface area contributed by atoms with Gasteiger partial charge in [-0.15, -0.1) is 0 Å². The van der Waals surface area contributed by atoms with Gasteiger partial charge in [-0.1, -0.05) is 37.1 Å². The van der Waals surface area contributed by atoms with Crippen molar-refractivity contribution in [3.63, 3.8) is 0 Å². The Kier molecular flexibility index (Phi) is 3.98. The van der Waals surface area contributed by atoms with Crippen molar-refractivity contribution in [2.24, 2.45) is 16.7 Å². The summed E-state index contributed by atoms with van der Waals surface area (Å²) in [6.07, 6.45) is 1.27. The summed E-state index contributed by atoms with van der Waals surface area (Å²) in [6, 6.07) is 10.2. The molecule has 2 saturated heterocycles. The molecule has 1 saturated carbocycles. The largest absolute Gasteiger partial charge is 0.379 e. The molecule has 144 valence electrons. The zero-order valence-corrected chi connectivity index (χ0v) is 16.2. The highest BCUT2D eigenvalue weighted by Gasteiger charge is 2.63. The lowest BCUT2D eigenvalue weighted by molar-refractivity contribution is -0.0963. The molecule has 0 radical (unpaired) electrons. The number of aromatic nitrogens is 4. The van der Waals surface area contributed by atoms with Crippen molar-refractivity contribution in [2.45, 2.75) is 20.3 Å². The van der Waals surface area contributed by atoms with Crippen LogP contribution in [0.3, 0.4) is 0 Å². The van der Waals surface area contributed by atoms with Gasteiger partial charge in [0, 0.05) is 38.1 Å². The lowest BCUT2D eigenvalue weighted by atomic mass is 9.48. The zero-order valence-electron chi connectivity index (χ0n) is 16.2. The fourth-order valence-electron chi connectivity index (χ4n) is 5.81. The van der Waals surface area contributed by atoms with Gasteiger partial charge in [0.15, 0.2) is 0 Å². The van der Waals surface area contributed by atoms with E-state index in [2.05, 4.69) is 51.3 Å². The van der Waals surface area contributed by atoms with Gasteiger partial charge in [-0.25, -0.2) is 0 Å². The number of nitrogens with zero attached hydrogens (tertiary/aromatic N) is 6. The summed E-state index contributed by atoms with van der Waals surface area (Å²) in [5, 5.41) is 12.6. The maximum atomic E-state index is 5.55. The topological polar surface area (TPSA) is 59.3 Å². The molecule has 2 aromatic rings. The van der Waals surface area contributed by atoms with Crippen LogP contribution in [-0.4, -0.2) is 71.0 Å². The minimum Gasteiger partial charge on any atom is -0.379 e. The molecule has 0 amide bonds. The first-order valence-corrected chi connectivity index (χ1v) is 9.96. The smallest absolute Gasteiger partial charge is 0.250 e. The van der Waals surface area contributed by atoms with Crippen molar-refractivity contribution >= 4 is 5.95 Å². The number of rotatable bonds is 4. The maximum Gasteiger partial charge on any atom is 0.250 e. The van der Waals surface area contributed by atoms with Crippen LogP contribution in [-0.2, 0) is 4.74 Å². The van der Waals surface area contributed by atoms with Crippen LogP contribution in [0, 0.1) is 16.7 Å². The summed E-state index contributed by atoms with van der Waals surface area (Å²) in [5.74, 6) is 1.54. The molecule has 5 rings (SSSR count). The van der Waals surface area contributed by atoms with E-state index in [0.717, 1.165) is 57.6 Å². The van der Waals surface area contributed by atoms with E-state index in [4.69, 9.17) is 4.74 Å². The Morgan fingerprint density at radius 2 is 1.93 bits per heavy atom. The van der Waals surface area contributed by atoms with Gasteiger partial charge in [-0.05, 0) is 40.3 Å². The number of benzene rings is 1. The number of para-hydroxylation sites is 1. The number of anilines is 1. The molecule has 0 bridgehead atoms. The molecular weight excluding hydrogens is 340 g/mol. The predicted octanol–water partition coefficient (Wildman–Crippen LogP) is 1.85. The summed E-state index contributed by atoms with van der Waals surface area (Å²) in [5.41, 5.74) is 1.73. The van der Waals surface area contributed by atoms with Crippen LogP contribution in [0.15, 0.2) is 30.3 Å². The van der Waals surface area contributed by atoms with E-state index in [-0.39, 0.29) is 0 Å². The Labute approximate surface area is 160 Å². The molecule has 27 heavy (non-hydrogen) atoms. The van der Waals surface area contributed by atoms with Crippen molar-refractivity contribution in [2.75, 3.05) is 50.8 Å². The monoisotopic (exact) mass is 368 g/mol. The van der Waals surface area contributed by atoms with Crippen molar-refractivity contribution < 1.29 is 4.74 Å². The average molecular weight is 368 g/mol. The lowest BCUT2D eigenvalue weighted by Gasteiger charge is -2.58. The highest BCUT2D eigenvalue weighted by atomic mass is 16.5. The summed E-state index contributed by atoms with van der Waals surface area (Å²) in [7, 11) is 0. The van der Waals surface area contributed by atoms with Crippen LogP contribution in [0.4, 0.5) is 5.95 Å². The molecule has 7 nitrogen and oxygen atoms in total. The molecule has 3 heterocycles. The van der Waals surface area contributed by atoms with E-state index in [9.17, 15) is 0 Å². The zero-order chi connectivity index (χ0) is 18.5. The van der Waals surface area contributed by atoms with Gasteiger partial charge >= 0.3 is 0 Å². The molecule has 0 N–H and O–H groups in total. The fourth-order valence-corrected chi connectivity index (χ4v) is 5.81. The van der Waals surface area contributed by atoms with E-state index in [1.54, 1.807) is 0 Å². The molecule has 1 aliphatic carbocycles. The van der Waals surface area contributed by atoms with Crippen LogP contribution < -0.4 is 4.90 Å². The Hall–Kier alpha value is -1.99. The molecule has 1 aromatic carbocycles. The predicted molar refractivity (Wildman–Crippen MR) is 103 cm³/mol. The summed E-state index contributed by atoms with van der Waals surface area (Å²) >= 11 is 0. The third kappa shape index (κ3) is 2.84. The number of morpholine rings is 1. The second-order valence-electron chi connectivity index (χ2n) is 9.08. The Morgan fingerprint density at radius 1 is 1.15 bits per heavy atom. The van der Waals surface area contributed by atoms with Crippen molar-refractivity contribution in [3.05, 3.63) is 30.3 Å². The van der Waals surface area contributed by atoms with Gasteiger partial charge < -0.3 is 9.64 Å². The van der Waals surface area contributed by atoms with E-state index < -0.39 is 0 Å².